The Kier molecular flexibility index (Phi) is 12.4. The molecule has 3 aliphatic heterocycles. The number of likely N-dealkylation sites (tertiary alicyclic amines) is 1. The van der Waals surface area contributed by atoms with Crippen molar-refractivity contribution in [2.45, 2.75) is 109 Å². The van der Waals surface area contributed by atoms with Crippen molar-refractivity contribution in [3.63, 3.8) is 0 Å². The smallest absolute Gasteiger partial charge is 0.271 e. The molecule has 2 saturated carbocycles. The van der Waals surface area contributed by atoms with Gasteiger partial charge in [-0.05, 0) is 88.2 Å². The summed E-state index contributed by atoms with van der Waals surface area (Å²) in [5, 5.41) is 10.6. The number of anilines is 2. The summed E-state index contributed by atoms with van der Waals surface area (Å²) in [5.74, 6) is -1.06. The van der Waals surface area contributed by atoms with Crippen LogP contribution in [0.3, 0.4) is 0 Å². The molecule has 57 heavy (non-hydrogen) atoms. The van der Waals surface area contributed by atoms with Crippen molar-refractivity contribution >= 4 is 40.1 Å². The number of imide groups is 1. The molecule has 3 N–H and O–H groups in total. The fourth-order valence-electron chi connectivity index (χ4n) is 8.33. The Labute approximate surface area is 332 Å². The van der Waals surface area contributed by atoms with Crippen molar-refractivity contribution < 1.29 is 23.5 Å². The van der Waals surface area contributed by atoms with Gasteiger partial charge in [0.15, 0.2) is 11.6 Å². The first-order valence-electron chi connectivity index (χ1n) is 20.6. The van der Waals surface area contributed by atoms with Crippen LogP contribution >= 0.6 is 0 Å². The summed E-state index contributed by atoms with van der Waals surface area (Å²) in [7, 11) is 2.13. The van der Waals surface area contributed by atoms with Gasteiger partial charge in [0.25, 0.3) is 11.5 Å². The van der Waals surface area contributed by atoms with Gasteiger partial charge in [0.1, 0.15) is 11.4 Å². The summed E-state index contributed by atoms with van der Waals surface area (Å²) in [6.45, 7) is 7.71. The lowest BCUT2D eigenvalue weighted by molar-refractivity contribution is -0.134. The van der Waals surface area contributed by atoms with E-state index in [1.54, 1.807) is 24.4 Å². The summed E-state index contributed by atoms with van der Waals surface area (Å²) >= 11 is 0. The number of rotatable bonds is 7. The topological polar surface area (TPSA) is 155 Å². The zero-order valence-corrected chi connectivity index (χ0v) is 33.3. The summed E-state index contributed by atoms with van der Waals surface area (Å²) in [6.07, 6.45) is 18.3. The highest BCUT2D eigenvalue weighted by atomic mass is 19.1. The maximum atomic E-state index is 14.6. The molecule has 4 aromatic rings. The maximum Gasteiger partial charge on any atom is 0.271 e. The number of piperidine rings is 2. The van der Waals surface area contributed by atoms with Gasteiger partial charge in [-0.3, -0.25) is 29.2 Å². The first-order chi connectivity index (χ1) is 27.5. The number of aromatic nitrogens is 4. The third-order valence-electron chi connectivity index (χ3n) is 11.4. The molecule has 1 unspecified atom stereocenters. The van der Waals surface area contributed by atoms with Crippen molar-refractivity contribution in [1.29, 1.82) is 0 Å². The molecule has 0 radical (unpaired) electrons. The molecule has 1 aromatic carbocycles. The van der Waals surface area contributed by atoms with E-state index in [-0.39, 0.29) is 47.3 Å². The Morgan fingerprint density at radius 1 is 1.00 bits per heavy atom. The Balaban J connectivity index is 0.000000163. The second kappa shape index (κ2) is 17.6. The van der Waals surface area contributed by atoms with Crippen molar-refractivity contribution in [3.8, 4) is 5.75 Å². The Morgan fingerprint density at radius 2 is 1.72 bits per heavy atom. The number of carbonyl (C=O) groups is 3. The number of pyridine rings is 2. The van der Waals surface area contributed by atoms with E-state index in [0.29, 0.717) is 40.6 Å². The van der Waals surface area contributed by atoms with Crippen molar-refractivity contribution in [2.24, 2.45) is 5.41 Å². The van der Waals surface area contributed by atoms with Crippen LogP contribution in [0.15, 0.2) is 53.7 Å². The summed E-state index contributed by atoms with van der Waals surface area (Å²) in [4.78, 5) is 59.3. The quantitative estimate of drug-likeness (QED) is 0.174. The van der Waals surface area contributed by atoms with E-state index in [4.69, 9.17) is 9.84 Å². The summed E-state index contributed by atoms with van der Waals surface area (Å²) in [5.41, 5.74) is 2.00. The van der Waals surface area contributed by atoms with Crippen molar-refractivity contribution in [2.75, 3.05) is 43.4 Å². The van der Waals surface area contributed by atoms with Gasteiger partial charge in [0, 0.05) is 62.6 Å². The molecule has 0 bridgehead atoms. The first kappa shape index (κ1) is 40.1. The Morgan fingerprint density at radius 3 is 2.35 bits per heavy atom. The molecule has 14 heteroatoms. The molecule has 1 spiro atoms. The highest BCUT2D eigenvalue weighted by Crippen LogP contribution is 2.41. The van der Waals surface area contributed by atoms with E-state index < -0.39 is 5.92 Å². The number of carbonyl (C=O) groups excluding carboxylic acids is 3. The van der Waals surface area contributed by atoms with Crippen LogP contribution in [0, 0.1) is 11.2 Å². The fraction of sp³-hybridized carbons (Fsp3) is 0.535. The van der Waals surface area contributed by atoms with Crippen LogP contribution in [0.4, 0.5) is 15.9 Å². The van der Waals surface area contributed by atoms with Gasteiger partial charge in [-0.1, -0.05) is 38.5 Å². The van der Waals surface area contributed by atoms with Gasteiger partial charge in [0.2, 0.25) is 11.8 Å². The lowest BCUT2D eigenvalue weighted by atomic mass is 9.72. The molecule has 9 rings (SSSR count). The molecule has 6 heterocycles. The lowest BCUT2D eigenvalue weighted by Crippen LogP contribution is -2.58. The summed E-state index contributed by atoms with van der Waals surface area (Å²) in [6, 6.07) is 8.67. The lowest BCUT2D eigenvalue weighted by Gasteiger charge is -2.53. The predicted molar refractivity (Wildman–Crippen MR) is 217 cm³/mol. The van der Waals surface area contributed by atoms with Crippen molar-refractivity contribution in [3.05, 3.63) is 76.2 Å². The standard InChI is InChI=1S/C22H26N4O3.C18H23FN4O2.C3H6/c1-14(2)29-20-12-19-15(13-26(25-19)16-7-4-3-5-8-16)11-17(20)21(27)24-18-9-6-10-23-22(18)28;1-22-10-18(11-22)4-6-23(7-5-18)16-14(19)8-12(9-20-16)13-2-3-15(24)21-17(13)25;1-2-3-1/h6,9-14,16H,3-5,7-8H2,1-2H3,(H,23,28)(H,24,27);8-9,13H,2-7,10-11H2,1H3,(H,21,24,25);1-3H2. The van der Waals surface area contributed by atoms with E-state index in [0.717, 1.165) is 62.8 Å². The average molecular weight is 783 g/mol. The van der Waals surface area contributed by atoms with Gasteiger partial charge in [-0.15, -0.1) is 0 Å². The van der Waals surface area contributed by atoms with Gasteiger partial charge >= 0.3 is 0 Å². The normalized spacial score (nSPS) is 20.5. The molecular weight excluding hydrogens is 728 g/mol. The van der Waals surface area contributed by atoms with E-state index in [1.165, 1.54) is 50.8 Å². The Hall–Kier alpha value is -5.11. The number of H-pyrrole nitrogens is 1. The highest BCUT2D eigenvalue weighted by molar-refractivity contribution is 6.08. The van der Waals surface area contributed by atoms with E-state index in [2.05, 4.69) is 32.5 Å². The number of hydrogen-bond acceptors (Lipinski definition) is 9. The minimum absolute atomic E-state index is 0.0976. The molecule has 2 aliphatic carbocycles. The highest BCUT2D eigenvalue weighted by Gasteiger charge is 2.43. The summed E-state index contributed by atoms with van der Waals surface area (Å²) < 4.78 is 22.6. The molecular formula is C43H55FN8O5. The zero-order valence-electron chi connectivity index (χ0n) is 33.3. The van der Waals surface area contributed by atoms with Gasteiger partial charge in [-0.2, -0.15) is 5.10 Å². The number of benzene rings is 1. The zero-order chi connectivity index (χ0) is 40.1. The molecule has 3 aromatic heterocycles. The first-order valence-corrected chi connectivity index (χ1v) is 20.6. The van der Waals surface area contributed by atoms with Crippen LogP contribution in [0.25, 0.3) is 10.9 Å². The number of ether oxygens (including phenoxy) is 1. The molecule has 304 valence electrons. The monoisotopic (exact) mass is 782 g/mol. The van der Waals surface area contributed by atoms with E-state index in [9.17, 15) is 23.6 Å². The molecule has 13 nitrogen and oxygen atoms in total. The second-order valence-corrected chi connectivity index (χ2v) is 16.6. The van der Waals surface area contributed by atoms with Crippen LogP contribution in [-0.4, -0.2) is 81.7 Å². The third-order valence-corrected chi connectivity index (χ3v) is 11.4. The SMILES string of the molecule is C1CC1.CC(C)Oc1cc2nn(C3CCCCC3)cc2cc1C(=O)Nc1ccc[nH]c1=O.CN1CC2(CCN(c3ncc(C4CCC(=O)NC4=O)cc3F)CC2)C1. The number of amides is 3. The van der Waals surface area contributed by atoms with Gasteiger partial charge < -0.3 is 24.8 Å². The number of nitrogens with zero attached hydrogens (tertiary/aromatic N) is 5. The molecule has 1 atom stereocenters. The van der Waals surface area contributed by atoms with Crippen LogP contribution in [-0.2, 0) is 9.59 Å². The second-order valence-electron chi connectivity index (χ2n) is 16.6. The largest absolute Gasteiger partial charge is 0.490 e. The fourth-order valence-corrected chi connectivity index (χ4v) is 8.33. The van der Waals surface area contributed by atoms with E-state index >= 15 is 0 Å². The molecule has 3 saturated heterocycles. The van der Waals surface area contributed by atoms with Gasteiger partial charge in [0.05, 0.1) is 29.1 Å². The predicted octanol–water partition coefficient (Wildman–Crippen LogP) is 6.71. The molecule has 5 aliphatic rings. The molecule has 3 amide bonds. The van der Waals surface area contributed by atoms with Crippen molar-refractivity contribution in [1.82, 2.24) is 30.0 Å². The number of aromatic amines is 1. The van der Waals surface area contributed by atoms with Crippen LogP contribution in [0.2, 0.25) is 0 Å². The number of hydrogen-bond donors (Lipinski definition) is 3. The third kappa shape index (κ3) is 9.89. The van der Waals surface area contributed by atoms with E-state index in [1.807, 2.05) is 35.7 Å². The van der Waals surface area contributed by atoms with Gasteiger partial charge in [-0.25, -0.2) is 9.37 Å². The number of fused-ring (bicyclic) bond motifs is 1. The average Bonchev–Trinajstić information content (AvgIpc) is 4.01. The minimum Gasteiger partial charge on any atom is -0.490 e. The maximum absolute atomic E-state index is 14.6. The number of nitrogens with one attached hydrogen (secondary N) is 3. The van der Waals surface area contributed by atoms with Crippen LogP contribution in [0.1, 0.15) is 119 Å². The Bertz CT molecular complexity index is 2120. The van der Waals surface area contributed by atoms with Crippen LogP contribution < -0.4 is 25.8 Å². The number of halogens is 1. The minimum atomic E-state index is -0.496. The van der Waals surface area contributed by atoms with Crippen LogP contribution in [0.5, 0.6) is 5.75 Å². The molecule has 5 fully saturated rings.